The number of hydrogen-bond acceptors (Lipinski definition) is 4. The van der Waals surface area contributed by atoms with E-state index >= 15 is 0 Å². The molecule has 1 atom stereocenters. The number of nitrogens with one attached hydrogen (secondary N) is 1. The molecule has 1 saturated heterocycles. The van der Waals surface area contributed by atoms with Gasteiger partial charge in [0.1, 0.15) is 5.56 Å². The minimum Gasteiger partial charge on any atom is -0.477 e. The molecule has 0 aliphatic carbocycles. The number of H-pyrrole nitrogens is 1. The molecular weight excluding hydrogens is 332 g/mol. The largest absolute Gasteiger partial charge is 0.477 e. The van der Waals surface area contributed by atoms with E-state index in [1.807, 2.05) is 38.1 Å². The van der Waals surface area contributed by atoms with Gasteiger partial charge in [0.05, 0.1) is 11.3 Å². The van der Waals surface area contributed by atoms with Crippen molar-refractivity contribution in [1.82, 2.24) is 4.98 Å². The number of carbonyl (C=O) groups is 1. The molecule has 1 aliphatic heterocycles. The van der Waals surface area contributed by atoms with Crippen LogP contribution < -0.4 is 10.5 Å². The van der Waals surface area contributed by atoms with Crippen LogP contribution in [0.5, 0.6) is 0 Å². The van der Waals surface area contributed by atoms with E-state index in [1.54, 1.807) is 0 Å². The van der Waals surface area contributed by atoms with Crippen molar-refractivity contribution in [1.29, 1.82) is 0 Å². The van der Waals surface area contributed by atoms with E-state index in [2.05, 4.69) is 9.88 Å². The molecule has 6 nitrogen and oxygen atoms in total. The average molecular weight is 356 g/mol. The Morgan fingerprint density at radius 2 is 1.96 bits per heavy atom. The number of anilines is 1. The maximum absolute atomic E-state index is 12.0. The second kappa shape index (κ2) is 6.96. The first-order chi connectivity index (χ1) is 12.4. The van der Waals surface area contributed by atoms with Gasteiger partial charge in [-0.3, -0.25) is 4.79 Å². The van der Waals surface area contributed by atoms with E-state index in [0.717, 1.165) is 36.2 Å². The lowest BCUT2D eigenvalue weighted by atomic mass is 10.0. The summed E-state index contributed by atoms with van der Waals surface area (Å²) < 4.78 is 0. The lowest BCUT2D eigenvalue weighted by Gasteiger charge is -2.23. The van der Waals surface area contributed by atoms with Crippen LogP contribution in [0.15, 0.2) is 35.1 Å². The zero-order chi connectivity index (χ0) is 18.9. The summed E-state index contributed by atoms with van der Waals surface area (Å²) in [6.07, 6.45) is 2.11. The van der Waals surface area contributed by atoms with Gasteiger partial charge < -0.3 is 20.1 Å². The summed E-state index contributed by atoms with van der Waals surface area (Å²) in [4.78, 5) is 28.1. The van der Waals surface area contributed by atoms with Crippen LogP contribution in [0.3, 0.4) is 0 Å². The van der Waals surface area contributed by atoms with Crippen molar-refractivity contribution in [2.24, 2.45) is 0 Å². The highest BCUT2D eigenvalue weighted by molar-refractivity contribution is 5.88. The number of aromatic amines is 1. The number of aromatic carboxylic acids is 1. The zero-order valence-corrected chi connectivity index (χ0v) is 15.1. The third-order valence-electron chi connectivity index (χ3n) is 5.25. The summed E-state index contributed by atoms with van der Waals surface area (Å²) in [6, 6.07) is 9.23. The summed E-state index contributed by atoms with van der Waals surface area (Å²) in [6.45, 7) is 5.35. The lowest BCUT2D eigenvalue weighted by molar-refractivity contribution is 0.0593. The van der Waals surface area contributed by atoms with Gasteiger partial charge in [-0.15, -0.1) is 0 Å². The molecule has 1 aromatic heterocycles. The summed E-state index contributed by atoms with van der Waals surface area (Å²) in [5, 5.41) is 19.5. The summed E-state index contributed by atoms with van der Waals surface area (Å²) in [5.41, 5.74) is 1.85. The van der Waals surface area contributed by atoms with E-state index in [9.17, 15) is 14.7 Å². The first-order valence-electron chi connectivity index (χ1n) is 8.94. The van der Waals surface area contributed by atoms with Crippen LogP contribution in [0.2, 0.25) is 0 Å². The number of aryl methyl sites for hydroxylation is 1. The number of rotatable bonds is 5. The molecule has 2 heterocycles. The van der Waals surface area contributed by atoms with Gasteiger partial charge in [0.2, 0.25) is 0 Å². The van der Waals surface area contributed by atoms with E-state index in [1.165, 1.54) is 6.07 Å². The van der Waals surface area contributed by atoms with E-state index in [4.69, 9.17) is 5.11 Å². The Labute approximate surface area is 152 Å². The Morgan fingerprint density at radius 1 is 1.27 bits per heavy atom. The Morgan fingerprint density at radius 3 is 2.50 bits per heavy atom. The predicted octanol–water partition coefficient (Wildman–Crippen LogP) is 2.65. The standard InChI is InChI=1S/C20H24N2O4/c1-3-13-11-16(19(24)25)18(23)21-17(13)14-5-7-15(8-6-14)22-10-9-20(26,4-2)12-22/h5-8,11,26H,3-4,9-10,12H2,1-2H3,(H,21,23)(H,24,25). The molecule has 1 unspecified atom stereocenters. The van der Waals surface area contributed by atoms with Crippen molar-refractivity contribution in [2.75, 3.05) is 18.0 Å². The number of carboxylic acids is 1. The van der Waals surface area contributed by atoms with Crippen LogP contribution in [0.25, 0.3) is 11.3 Å². The lowest BCUT2D eigenvalue weighted by Crippen LogP contribution is -2.32. The molecule has 3 rings (SSSR count). The number of carboxylic acid groups (broad SMARTS) is 1. The van der Waals surface area contributed by atoms with Crippen LogP contribution in [0, 0.1) is 0 Å². The fraction of sp³-hybridized carbons (Fsp3) is 0.400. The van der Waals surface area contributed by atoms with Gasteiger partial charge in [0.25, 0.3) is 5.56 Å². The van der Waals surface area contributed by atoms with Crippen LogP contribution in [-0.4, -0.2) is 39.9 Å². The predicted molar refractivity (Wildman–Crippen MR) is 101 cm³/mol. The second-order valence-corrected chi connectivity index (χ2v) is 6.87. The summed E-state index contributed by atoms with van der Waals surface area (Å²) in [7, 11) is 0. The maximum Gasteiger partial charge on any atom is 0.341 e. The maximum atomic E-state index is 12.0. The van der Waals surface area contributed by atoms with Gasteiger partial charge in [-0.2, -0.15) is 0 Å². The van der Waals surface area contributed by atoms with Crippen LogP contribution in [0.1, 0.15) is 42.6 Å². The van der Waals surface area contributed by atoms with Gasteiger partial charge in [-0.05, 0) is 48.6 Å². The topological polar surface area (TPSA) is 93.6 Å². The molecule has 3 N–H and O–H groups in total. The number of pyridine rings is 1. The van der Waals surface area contributed by atoms with Gasteiger partial charge >= 0.3 is 5.97 Å². The quantitative estimate of drug-likeness (QED) is 0.766. The minimum absolute atomic E-state index is 0.238. The monoisotopic (exact) mass is 356 g/mol. The number of hydrogen-bond donors (Lipinski definition) is 3. The van der Waals surface area contributed by atoms with Gasteiger partial charge in [-0.1, -0.05) is 26.0 Å². The fourth-order valence-electron chi connectivity index (χ4n) is 3.47. The summed E-state index contributed by atoms with van der Waals surface area (Å²) >= 11 is 0. The van der Waals surface area contributed by atoms with Gasteiger partial charge in [0.15, 0.2) is 0 Å². The molecule has 6 heteroatoms. The number of β-amino-alcohol motifs (C(OH)–C–C–N with tert-alkyl or cyclic N) is 1. The molecule has 1 fully saturated rings. The Bertz CT molecular complexity index is 872. The SMILES string of the molecule is CCc1cc(C(=O)O)c(=O)[nH]c1-c1ccc(N2CCC(O)(CC)C2)cc1. The molecule has 0 bridgehead atoms. The third-order valence-corrected chi connectivity index (χ3v) is 5.25. The molecule has 1 aliphatic rings. The first kappa shape index (κ1) is 18.2. The van der Waals surface area contributed by atoms with Crippen LogP contribution in [0.4, 0.5) is 5.69 Å². The number of benzene rings is 1. The Hall–Kier alpha value is -2.60. The van der Waals surface area contributed by atoms with Gasteiger partial charge in [0, 0.05) is 18.8 Å². The van der Waals surface area contributed by atoms with Crippen molar-refractivity contribution in [3.8, 4) is 11.3 Å². The van der Waals surface area contributed by atoms with Crippen molar-refractivity contribution in [2.45, 2.75) is 38.7 Å². The number of aliphatic hydroxyl groups is 1. The smallest absolute Gasteiger partial charge is 0.341 e. The van der Waals surface area contributed by atoms with E-state index in [-0.39, 0.29) is 5.56 Å². The van der Waals surface area contributed by atoms with E-state index < -0.39 is 17.1 Å². The Kier molecular flexibility index (Phi) is 4.87. The van der Waals surface area contributed by atoms with Crippen molar-refractivity contribution in [3.05, 3.63) is 51.8 Å². The number of aromatic nitrogens is 1. The molecule has 26 heavy (non-hydrogen) atoms. The third kappa shape index (κ3) is 3.37. The van der Waals surface area contributed by atoms with Crippen molar-refractivity contribution >= 4 is 11.7 Å². The molecule has 0 spiro atoms. The molecular formula is C20H24N2O4. The normalized spacial score (nSPS) is 19.7. The highest BCUT2D eigenvalue weighted by Crippen LogP contribution is 2.30. The molecule has 138 valence electrons. The molecule has 0 amide bonds. The van der Waals surface area contributed by atoms with E-state index in [0.29, 0.717) is 18.7 Å². The summed E-state index contributed by atoms with van der Waals surface area (Å²) in [5.74, 6) is -1.22. The first-order valence-corrected chi connectivity index (χ1v) is 8.94. The zero-order valence-electron chi connectivity index (χ0n) is 15.1. The second-order valence-electron chi connectivity index (χ2n) is 6.87. The number of nitrogens with zero attached hydrogens (tertiary/aromatic N) is 1. The van der Waals surface area contributed by atoms with Crippen molar-refractivity contribution in [3.63, 3.8) is 0 Å². The molecule has 1 aromatic carbocycles. The van der Waals surface area contributed by atoms with Crippen LogP contribution in [-0.2, 0) is 6.42 Å². The molecule has 0 saturated carbocycles. The highest BCUT2D eigenvalue weighted by Gasteiger charge is 2.34. The van der Waals surface area contributed by atoms with Gasteiger partial charge in [-0.25, -0.2) is 4.79 Å². The average Bonchev–Trinajstić information content (AvgIpc) is 3.04. The molecule has 0 radical (unpaired) electrons. The molecule has 2 aromatic rings. The van der Waals surface area contributed by atoms with Crippen molar-refractivity contribution < 1.29 is 15.0 Å². The Balaban J connectivity index is 1.91. The minimum atomic E-state index is -1.22. The fourth-order valence-corrected chi connectivity index (χ4v) is 3.47. The van der Waals surface area contributed by atoms with Crippen LogP contribution >= 0.6 is 0 Å². The highest BCUT2D eigenvalue weighted by atomic mass is 16.4.